The van der Waals surface area contributed by atoms with Crippen molar-refractivity contribution in [2.75, 3.05) is 6.54 Å². The number of furan rings is 1. The molecule has 23 heavy (non-hydrogen) atoms. The number of hydrogen-bond acceptors (Lipinski definition) is 4. The van der Waals surface area contributed by atoms with Gasteiger partial charge in [-0.25, -0.2) is 0 Å². The third kappa shape index (κ3) is 3.47. The molecule has 0 spiro atoms. The highest BCUT2D eigenvalue weighted by Gasteiger charge is 2.32. The van der Waals surface area contributed by atoms with E-state index in [-0.39, 0.29) is 18.0 Å². The lowest BCUT2D eigenvalue weighted by Crippen LogP contribution is -2.29. The standard InChI is InChI=1S/C17H23N3O3/c1-17(2,3)20-13(11-6-7-11)9-12(19-20)16(22)18-10-14(21)15-5-4-8-23-15/h4-5,8-9,11,14,21H,6-7,10H2,1-3H3,(H,18,22). The van der Waals surface area contributed by atoms with Gasteiger partial charge in [0.1, 0.15) is 17.6 Å². The minimum Gasteiger partial charge on any atom is -0.467 e. The summed E-state index contributed by atoms with van der Waals surface area (Å²) in [5, 5.41) is 17.2. The van der Waals surface area contributed by atoms with E-state index < -0.39 is 6.10 Å². The normalized spacial score (nSPS) is 16.3. The highest BCUT2D eigenvalue weighted by molar-refractivity contribution is 5.92. The van der Waals surface area contributed by atoms with Crippen LogP contribution in [0, 0.1) is 0 Å². The summed E-state index contributed by atoms with van der Waals surface area (Å²) in [7, 11) is 0. The number of carbonyl (C=O) groups excluding carboxylic acids is 1. The van der Waals surface area contributed by atoms with E-state index in [0.717, 1.165) is 18.5 Å². The van der Waals surface area contributed by atoms with Crippen LogP contribution < -0.4 is 5.32 Å². The fourth-order valence-electron chi connectivity index (χ4n) is 2.58. The van der Waals surface area contributed by atoms with Gasteiger partial charge in [-0.1, -0.05) is 0 Å². The predicted molar refractivity (Wildman–Crippen MR) is 85.2 cm³/mol. The van der Waals surface area contributed by atoms with Crippen molar-refractivity contribution < 1.29 is 14.3 Å². The van der Waals surface area contributed by atoms with Gasteiger partial charge in [0.25, 0.3) is 5.91 Å². The molecule has 1 amide bonds. The van der Waals surface area contributed by atoms with Crippen LogP contribution in [0.3, 0.4) is 0 Å². The summed E-state index contributed by atoms with van der Waals surface area (Å²) < 4.78 is 7.07. The molecule has 3 rings (SSSR count). The van der Waals surface area contributed by atoms with E-state index in [1.807, 2.05) is 10.7 Å². The fraction of sp³-hybridized carbons (Fsp3) is 0.529. The minimum absolute atomic E-state index is 0.0908. The lowest BCUT2D eigenvalue weighted by Gasteiger charge is -2.22. The first-order chi connectivity index (χ1) is 10.9. The van der Waals surface area contributed by atoms with Crippen LogP contribution in [0.5, 0.6) is 0 Å². The Labute approximate surface area is 135 Å². The van der Waals surface area contributed by atoms with E-state index >= 15 is 0 Å². The van der Waals surface area contributed by atoms with Crippen LogP contribution in [0.25, 0.3) is 0 Å². The second-order valence-electron chi connectivity index (χ2n) is 7.05. The Balaban J connectivity index is 1.70. The topological polar surface area (TPSA) is 80.3 Å². The molecule has 0 bridgehead atoms. The van der Waals surface area contributed by atoms with Gasteiger partial charge in [-0.2, -0.15) is 5.10 Å². The Bertz CT molecular complexity index is 679. The molecule has 6 heteroatoms. The maximum absolute atomic E-state index is 12.3. The SMILES string of the molecule is CC(C)(C)n1nc(C(=O)NCC(O)c2ccco2)cc1C1CC1. The number of amides is 1. The van der Waals surface area contributed by atoms with Crippen LogP contribution in [-0.2, 0) is 5.54 Å². The molecule has 2 aromatic heterocycles. The summed E-state index contributed by atoms with van der Waals surface area (Å²) in [5.41, 5.74) is 1.35. The van der Waals surface area contributed by atoms with Crippen LogP contribution in [0.4, 0.5) is 0 Å². The van der Waals surface area contributed by atoms with E-state index in [2.05, 4.69) is 31.2 Å². The summed E-state index contributed by atoms with van der Waals surface area (Å²) >= 11 is 0. The van der Waals surface area contributed by atoms with Gasteiger partial charge < -0.3 is 14.8 Å². The van der Waals surface area contributed by atoms with Crippen molar-refractivity contribution in [3.63, 3.8) is 0 Å². The van der Waals surface area contributed by atoms with Gasteiger partial charge in [0.05, 0.1) is 18.3 Å². The minimum atomic E-state index is -0.860. The summed E-state index contributed by atoms with van der Waals surface area (Å²) in [6, 6.07) is 5.25. The smallest absolute Gasteiger partial charge is 0.271 e. The zero-order chi connectivity index (χ0) is 16.6. The van der Waals surface area contributed by atoms with Crippen LogP contribution in [0.1, 0.15) is 67.6 Å². The van der Waals surface area contributed by atoms with Crippen molar-refractivity contribution in [1.82, 2.24) is 15.1 Å². The van der Waals surface area contributed by atoms with Crippen LogP contribution in [0.15, 0.2) is 28.9 Å². The number of hydrogen-bond donors (Lipinski definition) is 2. The van der Waals surface area contributed by atoms with E-state index in [0.29, 0.717) is 17.4 Å². The monoisotopic (exact) mass is 317 g/mol. The maximum atomic E-state index is 12.3. The largest absolute Gasteiger partial charge is 0.467 e. The van der Waals surface area contributed by atoms with Gasteiger partial charge in [-0.3, -0.25) is 9.48 Å². The average molecular weight is 317 g/mol. The molecule has 1 fully saturated rings. The van der Waals surface area contributed by atoms with Crippen molar-refractivity contribution in [2.45, 2.75) is 51.2 Å². The lowest BCUT2D eigenvalue weighted by molar-refractivity contribution is 0.0894. The van der Waals surface area contributed by atoms with Gasteiger partial charge in [0.15, 0.2) is 0 Å². The zero-order valence-corrected chi connectivity index (χ0v) is 13.7. The molecule has 6 nitrogen and oxygen atoms in total. The molecule has 1 saturated carbocycles. The third-order valence-electron chi connectivity index (χ3n) is 3.93. The molecule has 0 aromatic carbocycles. The van der Waals surface area contributed by atoms with Crippen molar-refractivity contribution in [3.05, 3.63) is 41.6 Å². The molecule has 0 aliphatic heterocycles. The van der Waals surface area contributed by atoms with Crippen LogP contribution >= 0.6 is 0 Å². The van der Waals surface area contributed by atoms with Gasteiger partial charge >= 0.3 is 0 Å². The van der Waals surface area contributed by atoms with Gasteiger partial charge in [0.2, 0.25) is 0 Å². The molecular formula is C17H23N3O3. The number of nitrogens with zero attached hydrogens (tertiary/aromatic N) is 2. The average Bonchev–Trinajstić information content (AvgIpc) is 3.03. The highest BCUT2D eigenvalue weighted by Crippen LogP contribution is 2.41. The molecule has 0 radical (unpaired) electrons. The lowest BCUT2D eigenvalue weighted by atomic mass is 10.1. The number of rotatable bonds is 5. The van der Waals surface area contributed by atoms with E-state index in [1.54, 1.807) is 12.1 Å². The molecule has 124 valence electrons. The molecule has 2 N–H and O–H groups in total. The highest BCUT2D eigenvalue weighted by atomic mass is 16.4. The first-order valence-corrected chi connectivity index (χ1v) is 7.96. The Hall–Kier alpha value is -2.08. The molecule has 1 unspecified atom stereocenters. The van der Waals surface area contributed by atoms with Crippen molar-refractivity contribution in [2.24, 2.45) is 0 Å². The zero-order valence-electron chi connectivity index (χ0n) is 13.7. The summed E-state index contributed by atoms with van der Waals surface area (Å²) in [6.45, 7) is 6.32. The molecule has 2 heterocycles. The number of carbonyl (C=O) groups is 1. The Kier molecular flexibility index (Phi) is 4.02. The van der Waals surface area contributed by atoms with Crippen LogP contribution in [-0.4, -0.2) is 27.3 Å². The third-order valence-corrected chi connectivity index (χ3v) is 3.93. The molecule has 1 aliphatic carbocycles. The van der Waals surface area contributed by atoms with Gasteiger partial charge in [0, 0.05) is 11.6 Å². The summed E-state index contributed by atoms with van der Waals surface area (Å²) in [4.78, 5) is 12.3. The second kappa shape index (κ2) is 5.85. The molecular weight excluding hydrogens is 294 g/mol. The quantitative estimate of drug-likeness (QED) is 0.888. The second-order valence-corrected chi connectivity index (χ2v) is 7.05. The van der Waals surface area contributed by atoms with Crippen LogP contribution in [0.2, 0.25) is 0 Å². The van der Waals surface area contributed by atoms with Gasteiger partial charge in [-0.15, -0.1) is 0 Å². The molecule has 0 saturated heterocycles. The summed E-state index contributed by atoms with van der Waals surface area (Å²) in [5.74, 6) is 0.668. The number of aliphatic hydroxyl groups is 1. The van der Waals surface area contributed by atoms with Crippen molar-refractivity contribution in [3.8, 4) is 0 Å². The van der Waals surface area contributed by atoms with Gasteiger partial charge in [-0.05, 0) is 51.8 Å². The van der Waals surface area contributed by atoms with E-state index in [1.165, 1.54) is 6.26 Å². The van der Waals surface area contributed by atoms with E-state index in [9.17, 15) is 9.90 Å². The number of aromatic nitrogens is 2. The first-order valence-electron chi connectivity index (χ1n) is 7.96. The summed E-state index contributed by atoms with van der Waals surface area (Å²) in [6.07, 6.45) is 2.94. The Morgan fingerprint density at radius 3 is 2.83 bits per heavy atom. The Morgan fingerprint density at radius 1 is 1.52 bits per heavy atom. The van der Waals surface area contributed by atoms with E-state index in [4.69, 9.17) is 4.42 Å². The fourth-order valence-corrected chi connectivity index (χ4v) is 2.58. The molecule has 1 atom stereocenters. The van der Waals surface area contributed by atoms with Crippen molar-refractivity contribution >= 4 is 5.91 Å². The Morgan fingerprint density at radius 2 is 2.26 bits per heavy atom. The number of aliphatic hydroxyl groups excluding tert-OH is 1. The molecule has 1 aliphatic rings. The predicted octanol–water partition coefficient (Wildman–Crippen LogP) is 2.57. The van der Waals surface area contributed by atoms with Crippen molar-refractivity contribution in [1.29, 1.82) is 0 Å². The number of nitrogens with one attached hydrogen (secondary N) is 1. The molecule has 2 aromatic rings. The maximum Gasteiger partial charge on any atom is 0.271 e. The first kappa shape index (κ1) is 15.8.